The Balaban J connectivity index is 2.27. The maximum absolute atomic E-state index is 8.94. The maximum Gasteiger partial charge on any atom is 0.261 e. The molecule has 0 N–H and O–H groups in total. The first kappa shape index (κ1) is 28.7. The Labute approximate surface area is 209 Å². The van der Waals surface area contributed by atoms with Crippen molar-refractivity contribution in [3.05, 3.63) is 60.7 Å². The first-order valence-electron chi connectivity index (χ1n) is 12.1. The Morgan fingerprint density at radius 1 is 0.824 bits per heavy atom. The van der Waals surface area contributed by atoms with Gasteiger partial charge in [-0.15, -0.1) is 0 Å². The van der Waals surface area contributed by atoms with E-state index < -0.39 is 16.8 Å². The zero-order valence-electron chi connectivity index (χ0n) is 21.8. The van der Waals surface area contributed by atoms with Crippen molar-refractivity contribution in [2.45, 2.75) is 72.0 Å². The van der Waals surface area contributed by atoms with E-state index in [1.807, 2.05) is 0 Å². The second kappa shape index (κ2) is 13.5. The largest absolute Gasteiger partial charge is 0.405 e. The van der Waals surface area contributed by atoms with Crippen LogP contribution in [-0.2, 0) is 13.5 Å². The highest BCUT2D eigenvalue weighted by molar-refractivity contribution is 7.44. The molecule has 0 heterocycles. The van der Waals surface area contributed by atoms with Crippen molar-refractivity contribution in [1.29, 1.82) is 5.26 Å². The zero-order valence-corrected chi connectivity index (χ0v) is 23.7. The lowest BCUT2D eigenvalue weighted by molar-refractivity contribution is 0.151. The van der Waals surface area contributed by atoms with E-state index in [2.05, 4.69) is 120 Å². The highest BCUT2D eigenvalue weighted by atomic mass is 31.2. The first-order chi connectivity index (χ1) is 16.1. The maximum atomic E-state index is 8.94. The van der Waals surface area contributed by atoms with Gasteiger partial charge in [0.25, 0.3) is 16.8 Å². The van der Waals surface area contributed by atoms with E-state index in [9.17, 15) is 0 Å². The molecule has 0 aliphatic rings. The summed E-state index contributed by atoms with van der Waals surface area (Å²) in [5, 5.41) is 11.4. The molecule has 186 valence electrons. The molecule has 0 amide bonds. The van der Waals surface area contributed by atoms with Crippen molar-refractivity contribution in [1.82, 2.24) is 4.67 Å². The van der Waals surface area contributed by atoms with Gasteiger partial charge in [-0.25, -0.2) is 4.67 Å². The van der Waals surface area contributed by atoms with Gasteiger partial charge in [-0.05, 0) is 43.1 Å². The molecule has 5 nitrogen and oxygen atoms in total. The van der Waals surface area contributed by atoms with E-state index >= 15 is 0 Å². The van der Waals surface area contributed by atoms with Gasteiger partial charge in [-0.2, -0.15) is 5.26 Å². The SMILES string of the molecule is CC(C)N(C(C)C)P(OCCC#N)OCCO[Si](c1ccccc1)(c1ccccc1)C(C)(C)C. The quantitative estimate of drug-likeness (QED) is 0.196. The summed E-state index contributed by atoms with van der Waals surface area (Å²) in [5.74, 6) is 0. The van der Waals surface area contributed by atoms with Crippen LogP contribution in [0.5, 0.6) is 0 Å². The lowest BCUT2D eigenvalue weighted by Crippen LogP contribution is -2.66. The Kier molecular flexibility index (Phi) is 11.4. The Hall–Kier alpha value is -1.58. The summed E-state index contributed by atoms with van der Waals surface area (Å²) in [4.78, 5) is 0. The molecule has 0 bridgehead atoms. The molecule has 7 heteroatoms. The van der Waals surface area contributed by atoms with Crippen molar-refractivity contribution in [3.63, 3.8) is 0 Å². The Bertz CT molecular complexity index is 835. The fourth-order valence-electron chi connectivity index (χ4n) is 4.39. The van der Waals surface area contributed by atoms with Gasteiger partial charge >= 0.3 is 0 Å². The minimum Gasteiger partial charge on any atom is -0.405 e. The minimum absolute atomic E-state index is 0.0777. The molecule has 1 atom stereocenters. The van der Waals surface area contributed by atoms with Gasteiger partial charge in [0.1, 0.15) is 0 Å². The van der Waals surface area contributed by atoms with Crippen LogP contribution in [0.2, 0.25) is 5.04 Å². The lowest BCUT2D eigenvalue weighted by atomic mass is 10.2. The van der Waals surface area contributed by atoms with Crippen molar-refractivity contribution >= 4 is 27.2 Å². The number of hydrogen-bond donors (Lipinski definition) is 0. The summed E-state index contributed by atoms with van der Waals surface area (Å²) in [5.41, 5.74) is 0. The van der Waals surface area contributed by atoms with Crippen LogP contribution in [0, 0.1) is 11.3 Å². The molecule has 0 saturated heterocycles. The fourth-order valence-corrected chi connectivity index (χ4v) is 10.5. The molecule has 0 fully saturated rings. The molecule has 0 saturated carbocycles. The molecule has 0 aromatic heterocycles. The molecule has 2 rings (SSSR count). The highest BCUT2D eigenvalue weighted by Crippen LogP contribution is 2.46. The van der Waals surface area contributed by atoms with Crippen molar-refractivity contribution in [2.75, 3.05) is 19.8 Å². The van der Waals surface area contributed by atoms with Crippen LogP contribution < -0.4 is 10.4 Å². The highest BCUT2D eigenvalue weighted by Gasteiger charge is 2.50. The summed E-state index contributed by atoms with van der Waals surface area (Å²) in [6.07, 6.45) is 0.352. The predicted molar refractivity (Wildman–Crippen MR) is 145 cm³/mol. The lowest BCUT2D eigenvalue weighted by Gasteiger charge is -2.43. The molecule has 1 unspecified atom stereocenters. The van der Waals surface area contributed by atoms with Crippen LogP contribution >= 0.6 is 8.53 Å². The normalized spacial score (nSPS) is 13.4. The molecular formula is C27H41N2O3PSi. The van der Waals surface area contributed by atoms with Gasteiger partial charge in [0.15, 0.2) is 0 Å². The molecule has 0 aliphatic carbocycles. The van der Waals surface area contributed by atoms with E-state index in [0.29, 0.717) is 26.2 Å². The summed E-state index contributed by atoms with van der Waals surface area (Å²) in [6.45, 7) is 16.7. The standard InChI is InChI=1S/C27H41N2O3PSi/c1-23(2)29(24(3)4)33(30-20-14-19-28)31-21-22-32-34(27(5,6)7,25-15-10-8-11-16-25)26-17-12-9-13-18-26/h8-13,15-18,23-24H,14,20-22H2,1-7H3. The smallest absolute Gasteiger partial charge is 0.261 e. The molecule has 0 radical (unpaired) electrons. The number of rotatable bonds is 13. The third-order valence-corrected chi connectivity index (χ3v) is 12.8. The third kappa shape index (κ3) is 7.21. The van der Waals surface area contributed by atoms with E-state index in [4.69, 9.17) is 18.7 Å². The van der Waals surface area contributed by atoms with Gasteiger partial charge < -0.3 is 13.5 Å². The second-order valence-electron chi connectivity index (χ2n) is 9.89. The van der Waals surface area contributed by atoms with Gasteiger partial charge in [-0.3, -0.25) is 0 Å². The molecule has 0 aliphatic heterocycles. The molecule has 2 aromatic rings. The summed E-state index contributed by atoms with van der Waals surface area (Å²) < 4.78 is 21.5. The Morgan fingerprint density at radius 3 is 1.71 bits per heavy atom. The van der Waals surface area contributed by atoms with Crippen LogP contribution in [0.25, 0.3) is 0 Å². The monoisotopic (exact) mass is 500 g/mol. The van der Waals surface area contributed by atoms with Crippen LogP contribution in [0.4, 0.5) is 0 Å². The average Bonchev–Trinajstić information content (AvgIpc) is 2.79. The van der Waals surface area contributed by atoms with E-state index in [0.717, 1.165) is 0 Å². The molecule has 0 spiro atoms. The molecule has 2 aromatic carbocycles. The van der Waals surface area contributed by atoms with E-state index in [-0.39, 0.29) is 17.1 Å². The number of hydrogen-bond acceptors (Lipinski definition) is 5. The van der Waals surface area contributed by atoms with Crippen LogP contribution in [0.1, 0.15) is 54.9 Å². The van der Waals surface area contributed by atoms with Crippen LogP contribution in [0.3, 0.4) is 0 Å². The minimum atomic E-state index is -2.59. The zero-order chi connectivity index (χ0) is 25.2. The summed E-state index contributed by atoms with van der Waals surface area (Å²) in [6, 6.07) is 24.0. The van der Waals surface area contributed by atoms with E-state index in [1.54, 1.807) is 0 Å². The Morgan fingerprint density at radius 2 is 1.29 bits per heavy atom. The van der Waals surface area contributed by atoms with Gasteiger partial charge in [0, 0.05) is 12.1 Å². The topological polar surface area (TPSA) is 54.7 Å². The van der Waals surface area contributed by atoms with E-state index in [1.165, 1.54) is 10.4 Å². The molecule has 34 heavy (non-hydrogen) atoms. The number of benzene rings is 2. The van der Waals surface area contributed by atoms with Crippen molar-refractivity contribution in [2.24, 2.45) is 0 Å². The van der Waals surface area contributed by atoms with Gasteiger partial charge in [0.05, 0.1) is 32.3 Å². The second-order valence-corrected chi connectivity index (χ2v) is 15.7. The fraction of sp³-hybridized carbons (Fsp3) is 0.519. The van der Waals surface area contributed by atoms with Crippen molar-refractivity contribution in [3.8, 4) is 6.07 Å². The first-order valence-corrected chi connectivity index (χ1v) is 15.1. The van der Waals surface area contributed by atoms with Crippen LogP contribution in [-0.4, -0.2) is 44.9 Å². The number of nitrogens with zero attached hydrogens (tertiary/aromatic N) is 2. The predicted octanol–water partition coefficient (Wildman–Crippen LogP) is 5.86. The third-order valence-electron chi connectivity index (χ3n) is 5.68. The molecular weight excluding hydrogens is 459 g/mol. The average molecular weight is 501 g/mol. The summed E-state index contributed by atoms with van der Waals surface area (Å²) in [7, 11) is -3.87. The van der Waals surface area contributed by atoms with Crippen molar-refractivity contribution < 1.29 is 13.5 Å². The van der Waals surface area contributed by atoms with Crippen LogP contribution in [0.15, 0.2) is 60.7 Å². The summed E-state index contributed by atoms with van der Waals surface area (Å²) >= 11 is 0. The number of nitriles is 1. The van der Waals surface area contributed by atoms with Gasteiger partial charge in [-0.1, -0.05) is 81.4 Å². The van der Waals surface area contributed by atoms with Gasteiger partial charge in [0.2, 0.25) is 0 Å².